The summed E-state index contributed by atoms with van der Waals surface area (Å²) in [5, 5.41) is 4.74. The summed E-state index contributed by atoms with van der Waals surface area (Å²) in [5.41, 5.74) is 2.03. The summed E-state index contributed by atoms with van der Waals surface area (Å²) in [6.45, 7) is 2.48. The third kappa shape index (κ3) is 3.84. The van der Waals surface area contributed by atoms with E-state index in [0.29, 0.717) is 29.2 Å². The Balaban J connectivity index is 1.45. The Bertz CT molecular complexity index is 960. The third-order valence-electron chi connectivity index (χ3n) is 5.06. The summed E-state index contributed by atoms with van der Waals surface area (Å²) in [5.74, 6) is 3.12. The molecule has 3 aromatic rings. The first-order chi connectivity index (χ1) is 13.7. The van der Waals surface area contributed by atoms with E-state index >= 15 is 0 Å². The van der Waals surface area contributed by atoms with Crippen molar-refractivity contribution >= 4 is 11.6 Å². The van der Waals surface area contributed by atoms with Gasteiger partial charge in [0.25, 0.3) is 0 Å². The average Bonchev–Trinajstić information content (AvgIpc) is 3.37. The summed E-state index contributed by atoms with van der Waals surface area (Å²) < 4.78 is 16.5. The number of likely N-dealkylation sites (tertiary alicyclic amines) is 1. The highest BCUT2D eigenvalue weighted by atomic mass is 35.5. The van der Waals surface area contributed by atoms with Crippen molar-refractivity contribution in [3.05, 3.63) is 58.9 Å². The molecule has 1 atom stereocenters. The molecule has 2 heterocycles. The third-order valence-corrected chi connectivity index (χ3v) is 5.29. The Kier molecular flexibility index (Phi) is 5.50. The zero-order valence-electron chi connectivity index (χ0n) is 15.9. The van der Waals surface area contributed by atoms with Gasteiger partial charge in [-0.25, -0.2) is 0 Å². The van der Waals surface area contributed by atoms with Crippen LogP contribution in [0.1, 0.15) is 23.8 Å². The lowest BCUT2D eigenvalue weighted by atomic mass is 9.97. The van der Waals surface area contributed by atoms with E-state index in [2.05, 4.69) is 21.1 Å². The molecular formula is C21H22ClN3O3. The van der Waals surface area contributed by atoms with Crippen LogP contribution in [0.15, 0.2) is 47.0 Å². The second kappa shape index (κ2) is 8.20. The number of halogens is 1. The van der Waals surface area contributed by atoms with Gasteiger partial charge < -0.3 is 14.0 Å². The second-order valence-corrected chi connectivity index (χ2v) is 7.26. The molecule has 0 aliphatic carbocycles. The molecule has 7 heteroatoms. The van der Waals surface area contributed by atoms with Gasteiger partial charge in [-0.05, 0) is 31.2 Å². The van der Waals surface area contributed by atoms with E-state index in [1.54, 1.807) is 14.2 Å². The van der Waals surface area contributed by atoms with Crippen molar-refractivity contribution in [3.63, 3.8) is 0 Å². The lowest BCUT2D eigenvalue weighted by Crippen LogP contribution is -2.20. The van der Waals surface area contributed by atoms with Crippen LogP contribution in [0.4, 0.5) is 0 Å². The Labute approximate surface area is 169 Å². The molecule has 4 rings (SSSR count). The molecule has 1 aliphatic heterocycles. The minimum absolute atomic E-state index is 0.375. The molecule has 1 fully saturated rings. The van der Waals surface area contributed by atoms with Crippen molar-refractivity contribution in [2.45, 2.75) is 18.9 Å². The van der Waals surface area contributed by atoms with Crippen LogP contribution in [-0.2, 0) is 6.54 Å². The van der Waals surface area contributed by atoms with E-state index in [1.165, 1.54) is 5.56 Å². The first-order valence-electron chi connectivity index (χ1n) is 9.19. The van der Waals surface area contributed by atoms with Gasteiger partial charge in [0.05, 0.1) is 20.8 Å². The predicted molar refractivity (Wildman–Crippen MR) is 107 cm³/mol. The number of benzene rings is 2. The first kappa shape index (κ1) is 18.8. The fraction of sp³-hybridized carbons (Fsp3) is 0.333. The molecule has 1 saturated heterocycles. The number of rotatable bonds is 6. The number of nitrogens with zero attached hydrogens (tertiary/aromatic N) is 3. The monoisotopic (exact) mass is 399 g/mol. The van der Waals surface area contributed by atoms with Crippen molar-refractivity contribution in [3.8, 4) is 22.9 Å². The van der Waals surface area contributed by atoms with E-state index in [1.807, 2.05) is 36.4 Å². The molecule has 146 valence electrons. The average molecular weight is 400 g/mol. The summed E-state index contributed by atoms with van der Waals surface area (Å²) in [7, 11) is 3.35. The summed E-state index contributed by atoms with van der Waals surface area (Å²) >= 11 is 6.05. The maximum Gasteiger partial charge on any atom is 0.241 e. The number of hydrogen-bond donors (Lipinski definition) is 0. The quantitative estimate of drug-likeness (QED) is 0.612. The smallest absolute Gasteiger partial charge is 0.241 e. The summed E-state index contributed by atoms with van der Waals surface area (Å²) in [6, 6.07) is 13.5. The summed E-state index contributed by atoms with van der Waals surface area (Å²) in [6.07, 6.45) is 1.04. The van der Waals surface area contributed by atoms with Gasteiger partial charge in [0.1, 0.15) is 0 Å². The van der Waals surface area contributed by atoms with Crippen molar-refractivity contribution in [2.75, 3.05) is 27.3 Å². The van der Waals surface area contributed by atoms with Crippen LogP contribution in [0.3, 0.4) is 0 Å². The molecule has 0 radical (unpaired) electrons. The maximum absolute atomic E-state index is 6.05. The highest BCUT2D eigenvalue weighted by molar-refractivity contribution is 6.30. The second-order valence-electron chi connectivity index (χ2n) is 6.83. The number of methoxy groups -OCH3 is 2. The van der Waals surface area contributed by atoms with Crippen LogP contribution >= 0.6 is 11.6 Å². The molecule has 28 heavy (non-hydrogen) atoms. The minimum Gasteiger partial charge on any atom is -0.493 e. The van der Waals surface area contributed by atoms with E-state index < -0.39 is 0 Å². The van der Waals surface area contributed by atoms with E-state index in [0.717, 1.165) is 36.6 Å². The van der Waals surface area contributed by atoms with Crippen LogP contribution in [-0.4, -0.2) is 42.3 Å². The van der Waals surface area contributed by atoms with Gasteiger partial charge in [-0.2, -0.15) is 4.98 Å². The number of aromatic nitrogens is 2. The minimum atomic E-state index is 0.375. The molecule has 0 saturated carbocycles. The Morgan fingerprint density at radius 1 is 1.18 bits per heavy atom. The molecular weight excluding hydrogens is 378 g/mol. The number of para-hydroxylation sites is 1. The normalized spacial score (nSPS) is 17.0. The Morgan fingerprint density at radius 3 is 2.82 bits per heavy atom. The van der Waals surface area contributed by atoms with Gasteiger partial charge in [-0.3, -0.25) is 4.90 Å². The van der Waals surface area contributed by atoms with Crippen molar-refractivity contribution in [1.82, 2.24) is 15.0 Å². The lowest BCUT2D eigenvalue weighted by Gasteiger charge is -2.18. The molecule has 0 bridgehead atoms. The van der Waals surface area contributed by atoms with Crippen LogP contribution < -0.4 is 9.47 Å². The highest BCUT2D eigenvalue weighted by Crippen LogP contribution is 2.39. The summed E-state index contributed by atoms with van der Waals surface area (Å²) in [4.78, 5) is 6.84. The largest absolute Gasteiger partial charge is 0.493 e. The molecule has 1 aliphatic rings. The predicted octanol–water partition coefficient (Wildman–Crippen LogP) is 4.40. The van der Waals surface area contributed by atoms with Crippen LogP contribution in [0.5, 0.6) is 11.5 Å². The van der Waals surface area contributed by atoms with E-state index in [9.17, 15) is 0 Å². The zero-order valence-corrected chi connectivity index (χ0v) is 16.6. The fourth-order valence-electron chi connectivity index (χ4n) is 3.72. The standard InChI is InChI=1S/C21H22ClN3O3/c1-26-18-8-4-7-17(20(18)27-2)15-9-10-25(12-15)13-19-23-21(24-28-19)14-5-3-6-16(22)11-14/h3-8,11,15H,9-10,12-13H2,1-2H3. The van der Waals surface area contributed by atoms with Crippen molar-refractivity contribution < 1.29 is 14.0 Å². The van der Waals surface area contributed by atoms with Crippen LogP contribution in [0, 0.1) is 0 Å². The van der Waals surface area contributed by atoms with Crippen molar-refractivity contribution in [2.24, 2.45) is 0 Å². The van der Waals surface area contributed by atoms with Gasteiger partial charge in [0.15, 0.2) is 11.5 Å². The molecule has 0 N–H and O–H groups in total. The van der Waals surface area contributed by atoms with Crippen LogP contribution in [0.2, 0.25) is 5.02 Å². The number of ether oxygens (including phenoxy) is 2. The molecule has 0 amide bonds. The Hall–Kier alpha value is -2.57. The SMILES string of the molecule is COc1cccc(C2CCN(Cc3nc(-c4cccc(Cl)c4)no3)C2)c1OC. The van der Waals surface area contributed by atoms with Gasteiger partial charge in [-0.15, -0.1) is 0 Å². The van der Waals surface area contributed by atoms with E-state index in [-0.39, 0.29) is 0 Å². The molecule has 1 aromatic heterocycles. The number of hydrogen-bond acceptors (Lipinski definition) is 6. The molecule has 1 unspecified atom stereocenters. The molecule has 6 nitrogen and oxygen atoms in total. The maximum atomic E-state index is 6.05. The van der Waals surface area contributed by atoms with Gasteiger partial charge in [0, 0.05) is 28.6 Å². The molecule has 0 spiro atoms. The van der Waals surface area contributed by atoms with Gasteiger partial charge in [0.2, 0.25) is 11.7 Å². The van der Waals surface area contributed by atoms with Crippen LogP contribution in [0.25, 0.3) is 11.4 Å². The van der Waals surface area contributed by atoms with E-state index in [4.69, 9.17) is 25.6 Å². The van der Waals surface area contributed by atoms with Gasteiger partial charge >= 0.3 is 0 Å². The van der Waals surface area contributed by atoms with Gasteiger partial charge in [-0.1, -0.05) is 41.0 Å². The fourth-order valence-corrected chi connectivity index (χ4v) is 3.91. The lowest BCUT2D eigenvalue weighted by molar-refractivity contribution is 0.265. The highest BCUT2D eigenvalue weighted by Gasteiger charge is 2.28. The molecule has 2 aromatic carbocycles. The topological polar surface area (TPSA) is 60.6 Å². The van der Waals surface area contributed by atoms with Crippen molar-refractivity contribution in [1.29, 1.82) is 0 Å². The Morgan fingerprint density at radius 2 is 2.04 bits per heavy atom. The zero-order chi connectivity index (χ0) is 19.5. The first-order valence-corrected chi connectivity index (χ1v) is 9.57.